The molecule has 118 valence electrons. The maximum Gasteiger partial charge on any atom is 0.119 e. The Kier molecular flexibility index (Phi) is 7.00. The highest BCUT2D eigenvalue weighted by atomic mass is 16.5. The van der Waals surface area contributed by atoms with Crippen LogP contribution in [-0.4, -0.2) is 50.4 Å². The van der Waals surface area contributed by atoms with Crippen molar-refractivity contribution in [1.82, 2.24) is 10.2 Å². The maximum atomic E-state index is 5.64. The second kappa shape index (κ2) is 9.03. The fourth-order valence-corrected chi connectivity index (χ4v) is 2.44. The number of hydrogen-bond donors (Lipinski definition) is 1. The molecule has 1 saturated heterocycles. The van der Waals surface area contributed by atoms with Gasteiger partial charge in [0.25, 0.3) is 0 Å². The summed E-state index contributed by atoms with van der Waals surface area (Å²) in [6.07, 6.45) is 1.42. The molecule has 1 fully saturated rings. The molecule has 1 aliphatic heterocycles. The zero-order valence-electron chi connectivity index (χ0n) is 13.3. The summed E-state index contributed by atoms with van der Waals surface area (Å²) in [6, 6.07) is 8.36. The van der Waals surface area contributed by atoms with Crippen LogP contribution in [-0.2, 0) is 11.3 Å². The van der Waals surface area contributed by atoms with Gasteiger partial charge in [0.15, 0.2) is 0 Å². The van der Waals surface area contributed by atoms with Crippen LogP contribution in [0, 0.1) is 0 Å². The molecule has 0 bridgehead atoms. The van der Waals surface area contributed by atoms with Crippen molar-refractivity contribution in [2.24, 2.45) is 0 Å². The van der Waals surface area contributed by atoms with E-state index in [-0.39, 0.29) is 6.10 Å². The smallest absolute Gasteiger partial charge is 0.119 e. The standard InChI is InChI=1S/C17H28N2O2/c1-15(2)21-17-6-4-16(5-7-17)14-18-8-3-9-19-10-12-20-13-11-19/h4-7,15,18H,3,8-14H2,1-2H3. The number of nitrogens with one attached hydrogen (secondary N) is 1. The van der Waals surface area contributed by atoms with Crippen LogP contribution in [0.1, 0.15) is 25.8 Å². The average molecular weight is 292 g/mol. The van der Waals surface area contributed by atoms with Gasteiger partial charge in [0.2, 0.25) is 0 Å². The Hall–Kier alpha value is -1.10. The molecule has 0 aliphatic carbocycles. The number of hydrogen-bond acceptors (Lipinski definition) is 4. The third-order valence-corrected chi connectivity index (χ3v) is 3.56. The molecule has 0 atom stereocenters. The molecule has 21 heavy (non-hydrogen) atoms. The quantitative estimate of drug-likeness (QED) is 0.745. The topological polar surface area (TPSA) is 33.7 Å². The van der Waals surface area contributed by atoms with Crippen molar-refractivity contribution in [1.29, 1.82) is 0 Å². The van der Waals surface area contributed by atoms with Crippen LogP contribution in [0.15, 0.2) is 24.3 Å². The minimum Gasteiger partial charge on any atom is -0.491 e. The van der Waals surface area contributed by atoms with Gasteiger partial charge in [0.1, 0.15) is 5.75 Å². The molecule has 0 saturated carbocycles. The van der Waals surface area contributed by atoms with Crippen LogP contribution in [0.3, 0.4) is 0 Å². The van der Waals surface area contributed by atoms with Gasteiger partial charge in [0, 0.05) is 19.6 Å². The van der Waals surface area contributed by atoms with E-state index < -0.39 is 0 Å². The minimum atomic E-state index is 0.231. The first-order chi connectivity index (χ1) is 10.2. The Bertz CT molecular complexity index is 386. The van der Waals surface area contributed by atoms with Gasteiger partial charge in [0.05, 0.1) is 19.3 Å². The SMILES string of the molecule is CC(C)Oc1ccc(CNCCCN2CCOCC2)cc1. The molecule has 0 radical (unpaired) electrons. The summed E-state index contributed by atoms with van der Waals surface area (Å²) in [7, 11) is 0. The van der Waals surface area contributed by atoms with Gasteiger partial charge in [-0.3, -0.25) is 4.90 Å². The summed E-state index contributed by atoms with van der Waals surface area (Å²) < 4.78 is 11.0. The van der Waals surface area contributed by atoms with E-state index in [0.717, 1.165) is 51.7 Å². The molecule has 0 spiro atoms. The number of ether oxygens (including phenoxy) is 2. The van der Waals surface area contributed by atoms with Crippen molar-refractivity contribution in [3.05, 3.63) is 29.8 Å². The Morgan fingerprint density at radius 2 is 1.90 bits per heavy atom. The fourth-order valence-electron chi connectivity index (χ4n) is 2.44. The Labute approximate surface area is 128 Å². The van der Waals surface area contributed by atoms with Crippen LogP contribution in [0.5, 0.6) is 5.75 Å². The molecule has 1 N–H and O–H groups in total. The predicted molar refractivity (Wildman–Crippen MR) is 85.8 cm³/mol. The predicted octanol–water partition coefficient (Wildman–Crippen LogP) is 2.29. The number of nitrogens with zero attached hydrogens (tertiary/aromatic N) is 1. The molecule has 2 rings (SSSR count). The first-order valence-electron chi connectivity index (χ1n) is 8.00. The van der Waals surface area contributed by atoms with E-state index in [0.29, 0.717) is 0 Å². The van der Waals surface area contributed by atoms with Crippen LogP contribution in [0.25, 0.3) is 0 Å². The van der Waals surface area contributed by atoms with E-state index in [1.165, 1.54) is 12.0 Å². The van der Waals surface area contributed by atoms with Gasteiger partial charge in [-0.05, 0) is 51.1 Å². The number of benzene rings is 1. The van der Waals surface area contributed by atoms with Crippen molar-refractivity contribution >= 4 is 0 Å². The summed E-state index contributed by atoms with van der Waals surface area (Å²) in [4.78, 5) is 2.48. The zero-order chi connectivity index (χ0) is 14.9. The van der Waals surface area contributed by atoms with Crippen molar-refractivity contribution < 1.29 is 9.47 Å². The Balaban J connectivity index is 1.57. The summed E-state index contributed by atoms with van der Waals surface area (Å²) in [5, 5.41) is 3.50. The summed E-state index contributed by atoms with van der Waals surface area (Å²) in [6.45, 7) is 11.2. The fraction of sp³-hybridized carbons (Fsp3) is 0.647. The molecular formula is C17H28N2O2. The second-order valence-electron chi connectivity index (χ2n) is 5.79. The highest BCUT2D eigenvalue weighted by Gasteiger charge is 2.08. The molecule has 1 aromatic rings. The van der Waals surface area contributed by atoms with E-state index in [4.69, 9.17) is 9.47 Å². The van der Waals surface area contributed by atoms with Crippen LogP contribution >= 0.6 is 0 Å². The lowest BCUT2D eigenvalue weighted by Crippen LogP contribution is -2.37. The van der Waals surface area contributed by atoms with E-state index in [2.05, 4.69) is 22.3 Å². The van der Waals surface area contributed by atoms with Crippen LogP contribution in [0.2, 0.25) is 0 Å². The normalized spacial score (nSPS) is 16.3. The molecule has 1 heterocycles. The van der Waals surface area contributed by atoms with Crippen molar-refractivity contribution in [2.45, 2.75) is 32.9 Å². The van der Waals surface area contributed by atoms with Crippen molar-refractivity contribution in [2.75, 3.05) is 39.4 Å². The third-order valence-electron chi connectivity index (χ3n) is 3.56. The van der Waals surface area contributed by atoms with Gasteiger partial charge in [-0.25, -0.2) is 0 Å². The monoisotopic (exact) mass is 292 g/mol. The lowest BCUT2D eigenvalue weighted by molar-refractivity contribution is 0.0374. The Morgan fingerprint density at radius 3 is 2.57 bits per heavy atom. The number of rotatable bonds is 8. The lowest BCUT2D eigenvalue weighted by atomic mass is 10.2. The summed E-state index contributed by atoms with van der Waals surface area (Å²) in [5.41, 5.74) is 1.30. The highest BCUT2D eigenvalue weighted by Crippen LogP contribution is 2.13. The van der Waals surface area contributed by atoms with Crippen LogP contribution < -0.4 is 10.1 Å². The lowest BCUT2D eigenvalue weighted by Gasteiger charge is -2.26. The first kappa shape index (κ1) is 16.3. The third kappa shape index (κ3) is 6.46. The molecule has 1 aliphatic rings. The molecule has 4 nitrogen and oxygen atoms in total. The highest BCUT2D eigenvalue weighted by molar-refractivity contribution is 5.27. The van der Waals surface area contributed by atoms with Crippen LogP contribution in [0.4, 0.5) is 0 Å². The van der Waals surface area contributed by atoms with Crippen molar-refractivity contribution in [3.8, 4) is 5.75 Å². The molecule has 0 amide bonds. The van der Waals surface area contributed by atoms with Gasteiger partial charge in [-0.2, -0.15) is 0 Å². The summed E-state index contributed by atoms with van der Waals surface area (Å²) >= 11 is 0. The molecule has 4 heteroatoms. The van der Waals surface area contributed by atoms with E-state index in [9.17, 15) is 0 Å². The number of morpholine rings is 1. The summed E-state index contributed by atoms with van der Waals surface area (Å²) in [5.74, 6) is 0.945. The molecule has 0 unspecified atom stereocenters. The van der Waals surface area contributed by atoms with Gasteiger partial charge in [-0.1, -0.05) is 12.1 Å². The largest absolute Gasteiger partial charge is 0.491 e. The maximum absolute atomic E-state index is 5.64. The average Bonchev–Trinajstić information content (AvgIpc) is 2.49. The molecule has 1 aromatic carbocycles. The van der Waals surface area contributed by atoms with E-state index in [1.54, 1.807) is 0 Å². The molecule has 0 aromatic heterocycles. The van der Waals surface area contributed by atoms with E-state index >= 15 is 0 Å². The van der Waals surface area contributed by atoms with E-state index in [1.807, 2.05) is 26.0 Å². The Morgan fingerprint density at radius 1 is 1.19 bits per heavy atom. The van der Waals surface area contributed by atoms with Crippen molar-refractivity contribution in [3.63, 3.8) is 0 Å². The first-order valence-corrected chi connectivity index (χ1v) is 8.00. The molecular weight excluding hydrogens is 264 g/mol. The second-order valence-corrected chi connectivity index (χ2v) is 5.79. The minimum absolute atomic E-state index is 0.231. The van der Waals surface area contributed by atoms with Gasteiger partial charge in [-0.15, -0.1) is 0 Å². The zero-order valence-corrected chi connectivity index (χ0v) is 13.3. The van der Waals surface area contributed by atoms with Gasteiger partial charge < -0.3 is 14.8 Å². The van der Waals surface area contributed by atoms with Gasteiger partial charge >= 0.3 is 0 Å².